The Hall–Kier alpha value is -0.800. The highest BCUT2D eigenvalue weighted by Gasteiger charge is 2.42. The van der Waals surface area contributed by atoms with Crippen LogP contribution in [0.2, 0.25) is 0 Å². The van der Waals surface area contributed by atoms with Crippen molar-refractivity contribution in [2.75, 3.05) is 6.61 Å². The molecule has 0 aromatic heterocycles. The summed E-state index contributed by atoms with van der Waals surface area (Å²) < 4.78 is 0. The zero-order chi connectivity index (χ0) is 10.6. The minimum Gasteiger partial charge on any atom is -0.481 e. The fraction of sp³-hybridized carbons (Fsp3) is 0.500. The van der Waals surface area contributed by atoms with Gasteiger partial charge in [0.25, 0.3) is 0 Å². The summed E-state index contributed by atoms with van der Waals surface area (Å²) in [6, 6.07) is 0. The molecule has 0 amide bonds. The molecule has 2 N–H and O–H groups in total. The van der Waals surface area contributed by atoms with Crippen LogP contribution in [0.3, 0.4) is 0 Å². The normalized spacial score (nSPS) is 30.6. The number of aliphatic carboxylic acids is 1. The van der Waals surface area contributed by atoms with Crippen molar-refractivity contribution in [2.45, 2.75) is 18.2 Å². The third-order valence-electron chi connectivity index (χ3n) is 2.42. The first-order valence-electron chi connectivity index (χ1n) is 4.48. The van der Waals surface area contributed by atoms with Gasteiger partial charge in [0.05, 0.1) is 5.38 Å². The van der Waals surface area contributed by atoms with Gasteiger partial charge in [-0.1, -0.05) is 24.3 Å². The number of halogens is 1. The smallest absolute Gasteiger partial charge is 0.315 e. The molecule has 0 radical (unpaired) electrons. The van der Waals surface area contributed by atoms with Gasteiger partial charge < -0.3 is 10.2 Å². The molecule has 1 aliphatic carbocycles. The number of rotatable bonds is 4. The zero-order valence-electron chi connectivity index (χ0n) is 7.69. The number of aliphatic hydroxyl groups is 1. The molecule has 3 nitrogen and oxygen atoms in total. The van der Waals surface area contributed by atoms with Crippen LogP contribution < -0.4 is 0 Å². The van der Waals surface area contributed by atoms with Gasteiger partial charge in [0.1, 0.15) is 5.41 Å². The highest BCUT2D eigenvalue weighted by molar-refractivity contribution is 6.24. The topological polar surface area (TPSA) is 57.5 Å². The van der Waals surface area contributed by atoms with Gasteiger partial charge in [0.2, 0.25) is 0 Å². The summed E-state index contributed by atoms with van der Waals surface area (Å²) in [6.45, 7) is -0.0177. The van der Waals surface area contributed by atoms with Crippen LogP contribution >= 0.6 is 11.6 Å². The summed E-state index contributed by atoms with van der Waals surface area (Å²) >= 11 is 5.97. The number of carboxylic acids is 1. The molecule has 0 aliphatic heterocycles. The van der Waals surface area contributed by atoms with Gasteiger partial charge in [-0.15, -0.1) is 11.6 Å². The van der Waals surface area contributed by atoms with Crippen LogP contribution in [0.25, 0.3) is 0 Å². The summed E-state index contributed by atoms with van der Waals surface area (Å²) in [7, 11) is 0. The second-order valence-electron chi connectivity index (χ2n) is 3.32. The van der Waals surface area contributed by atoms with Gasteiger partial charge in [-0.2, -0.15) is 0 Å². The van der Waals surface area contributed by atoms with Crippen LogP contribution in [0, 0.1) is 5.41 Å². The first-order valence-corrected chi connectivity index (χ1v) is 4.91. The van der Waals surface area contributed by atoms with Crippen LogP contribution in [-0.2, 0) is 4.79 Å². The fourth-order valence-corrected chi connectivity index (χ4v) is 1.90. The predicted octanol–water partition coefficient (Wildman–Crippen LogP) is 1.56. The van der Waals surface area contributed by atoms with Crippen LogP contribution in [0.1, 0.15) is 12.8 Å². The maximum Gasteiger partial charge on any atom is 0.315 e. The highest BCUT2D eigenvalue weighted by atomic mass is 35.5. The lowest BCUT2D eigenvalue weighted by atomic mass is 9.77. The molecule has 2 unspecified atom stereocenters. The number of aliphatic hydroxyl groups excluding tert-OH is 1. The van der Waals surface area contributed by atoms with Crippen LogP contribution in [0.15, 0.2) is 24.3 Å². The minimum absolute atomic E-state index is 0.0177. The van der Waals surface area contributed by atoms with Crippen molar-refractivity contribution in [3.05, 3.63) is 24.3 Å². The molecule has 0 fully saturated rings. The largest absolute Gasteiger partial charge is 0.481 e. The Morgan fingerprint density at radius 3 is 2.71 bits per heavy atom. The molecular weight excluding hydrogens is 204 g/mol. The van der Waals surface area contributed by atoms with E-state index in [0.717, 1.165) is 0 Å². The van der Waals surface area contributed by atoms with E-state index in [9.17, 15) is 4.79 Å². The lowest BCUT2D eigenvalue weighted by molar-refractivity contribution is -0.146. The molecular formula is C10H13ClO3. The Balaban J connectivity index is 2.86. The van der Waals surface area contributed by atoms with E-state index >= 15 is 0 Å². The average molecular weight is 217 g/mol. The number of hydrogen-bond acceptors (Lipinski definition) is 2. The molecule has 1 aliphatic rings. The monoisotopic (exact) mass is 216 g/mol. The molecule has 0 saturated heterocycles. The Morgan fingerprint density at radius 1 is 1.50 bits per heavy atom. The maximum atomic E-state index is 11.1. The highest BCUT2D eigenvalue weighted by Crippen LogP contribution is 2.37. The molecule has 0 saturated carbocycles. The molecule has 0 bridgehead atoms. The van der Waals surface area contributed by atoms with Crippen molar-refractivity contribution in [2.24, 2.45) is 5.41 Å². The Labute approximate surface area is 87.7 Å². The first-order chi connectivity index (χ1) is 6.63. The van der Waals surface area contributed by atoms with Crippen LogP contribution in [-0.4, -0.2) is 28.2 Å². The molecule has 0 heterocycles. The van der Waals surface area contributed by atoms with Crippen molar-refractivity contribution in [1.29, 1.82) is 0 Å². The van der Waals surface area contributed by atoms with E-state index in [1.165, 1.54) is 0 Å². The fourth-order valence-electron chi connectivity index (χ4n) is 1.54. The number of allylic oxidation sites excluding steroid dienone is 3. The minimum atomic E-state index is -1.06. The molecule has 14 heavy (non-hydrogen) atoms. The summed E-state index contributed by atoms with van der Waals surface area (Å²) in [5, 5.41) is 17.3. The van der Waals surface area contributed by atoms with Crippen molar-refractivity contribution in [1.82, 2.24) is 0 Å². The van der Waals surface area contributed by atoms with Gasteiger partial charge in [-0.05, 0) is 12.8 Å². The van der Waals surface area contributed by atoms with Crippen molar-refractivity contribution in [3.63, 3.8) is 0 Å². The lowest BCUT2D eigenvalue weighted by Gasteiger charge is -2.30. The molecule has 0 aromatic rings. The number of carbonyl (C=O) groups is 1. The Morgan fingerprint density at radius 2 is 2.21 bits per heavy atom. The van der Waals surface area contributed by atoms with Crippen molar-refractivity contribution in [3.8, 4) is 0 Å². The van der Waals surface area contributed by atoms with Gasteiger partial charge in [-0.3, -0.25) is 4.79 Å². The summed E-state index contributed by atoms with van der Waals surface area (Å²) in [5.41, 5.74) is -1.06. The van der Waals surface area contributed by atoms with E-state index in [1.807, 2.05) is 0 Å². The van der Waals surface area contributed by atoms with E-state index < -0.39 is 16.8 Å². The first kappa shape index (κ1) is 11.3. The Bertz CT molecular complexity index is 273. The third kappa shape index (κ3) is 1.99. The summed E-state index contributed by atoms with van der Waals surface area (Å²) in [6.07, 6.45) is 7.47. The second kappa shape index (κ2) is 4.62. The maximum absolute atomic E-state index is 11.1. The summed E-state index contributed by atoms with van der Waals surface area (Å²) in [5.74, 6) is -0.938. The quantitative estimate of drug-likeness (QED) is 0.702. The molecule has 0 spiro atoms. The molecule has 0 aromatic carbocycles. The number of hydrogen-bond donors (Lipinski definition) is 2. The Kier molecular flexibility index (Phi) is 3.72. The third-order valence-corrected chi connectivity index (χ3v) is 2.96. The van der Waals surface area contributed by atoms with E-state index in [-0.39, 0.29) is 6.61 Å². The van der Waals surface area contributed by atoms with E-state index in [4.69, 9.17) is 21.8 Å². The van der Waals surface area contributed by atoms with Crippen LogP contribution in [0.4, 0.5) is 0 Å². The molecule has 1 rings (SSSR count). The SMILES string of the molecule is O=C(O)C1(CCCO)C=CC=CC1Cl. The van der Waals surface area contributed by atoms with Gasteiger partial charge in [0.15, 0.2) is 0 Å². The second-order valence-corrected chi connectivity index (χ2v) is 3.79. The zero-order valence-corrected chi connectivity index (χ0v) is 8.44. The van der Waals surface area contributed by atoms with E-state index in [2.05, 4.69) is 0 Å². The van der Waals surface area contributed by atoms with E-state index in [1.54, 1.807) is 24.3 Å². The molecule has 78 valence electrons. The van der Waals surface area contributed by atoms with Crippen molar-refractivity contribution >= 4 is 17.6 Å². The standard InChI is InChI=1S/C10H13ClO3/c11-8-4-1-2-5-10(8,9(13)14)6-3-7-12/h1-2,4-5,8,12H,3,6-7H2,(H,13,14). The number of alkyl halides is 1. The van der Waals surface area contributed by atoms with E-state index in [0.29, 0.717) is 12.8 Å². The van der Waals surface area contributed by atoms with Gasteiger partial charge in [0, 0.05) is 6.61 Å². The predicted molar refractivity (Wildman–Crippen MR) is 54.3 cm³/mol. The summed E-state index contributed by atoms with van der Waals surface area (Å²) in [4.78, 5) is 11.1. The lowest BCUT2D eigenvalue weighted by Crippen LogP contribution is -2.38. The average Bonchev–Trinajstić information content (AvgIpc) is 2.16. The van der Waals surface area contributed by atoms with Crippen molar-refractivity contribution < 1.29 is 15.0 Å². The van der Waals surface area contributed by atoms with Crippen LogP contribution in [0.5, 0.6) is 0 Å². The molecule has 4 heteroatoms. The van der Waals surface area contributed by atoms with Gasteiger partial charge in [-0.25, -0.2) is 0 Å². The molecule has 2 atom stereocenters. The van der Waals surface area contributed by atoms with Gasteiger partial charge >= 0.3 is 5.97 Å². The number of carboxylic acid groups (broad SMARTS) is 1.